The minimum atomic E-state index is 0.425. The number of hydrogen-bond donors (Lipinski definition) is 2. The van der Waals surface area contributed by atoms with Gasteiger partial charge < -0.3 is 16.0 Å². The summed E-state index contributed by atoms with van der Waals surface area (Å²) >= 11 is 0. The molecule has 118 valence electrons. The van der Waals surface area contributed by atoms with Crippen LogP contribution in [0.1, 0.15) is 0 Å². The molecule has 3 aromatic rings. The molecular formula is C18H16N6. The third kappa shape index (κ3) is 2.65. The Labute approximate surface area is 139 Å². The highest BCUT2D eigenvalue weighted by atomic mass is 15.2. The quantitative estimate of drug-likeness (QED) is 0.771. The number of para-hydroxylation sites is 3. The molecule has 0 aliphatic carbocycles. The maximum atomic E-state index is 6.19. The molecule has 2 aromatic carbocycles. The summed E-state index contributed by atoms with van der Waals surface area (Å²) < 4.78 is 0. The highest BCUT2D eigenvalue weighted by Crippen LogP contribution is 2.37. The summed E-state index contributed by atoms with van der Waals surface area (Å²) in [6.07, 6.45) is 3.60. The number of benzene rings is 2. The van der Waals surface area contributed by atoms with Crippen LogP contribution in [0.3, 0.4) is 0 Å². The van der Waals surface area contributed by atoms with Gasteiger partial charge in [-0.05, 0) is 24.3 Å². The van der Waals surface area contributed by atoms with E-state index in [0.717, 1.165) is 22.7 Å². The summed E-state index contributed by atoms with van der Waals surface area (Å²) in [4.78, 5) is 15.3. The number of nitrogen functional groups attached to an aromatic ring is 1. The fourth-order valence-electron chi connectivity index (χ4n) is 2.66. The second-order valence-electron chi connectivity index (χ2n) is 5.37. The minimum absolute atomic E-state index is 0.425. The SMILES string of the molecule is Nc1nc(Nc2ccccc2)ncc1N1CC=Nc2ccccc21. The minimum Gasteiger partial charge on any atom is -0.382 e. The van der Waals surface area contributed by atoms with Gasteiger partial charge in [0.1, 0.15) is 5.69 Å². The highest BCUT2D eigenvalue weighted by molar-refractivity contribution is 5.88. The normalized spacial score (nSPS) is 12.8. The molecule has 1 aliphatic heterocycles. The Hall–Kier alpha value is -3.41. The molecule has 0 radical (unpaired) electrons. The predicted molar refractivity (Wildman–Crippen MR) is 97.8 cm³/mol. The maximum absolute atomic E-state index is 6.19. The van der Waals surface area contributed by atoms with E-state index in [-0.39, 0.29) is 0 Å². The van der Waals surface area contributed by atoms with Gasteiger partial charge in [0.2, 0.25) is 5.95 Å². The fourth-order valence-corrected chi connectivity index (χ4v) is 2.66. The molecule has 1 aromatic heterocycles. The van der Waals surface area contributed by atoms with Crippen molar-refractivity contribution in [2.75, 3.05) is 22.5 Å². The first-order valence-electron chi connectivity index (χ1n) is 7.65. The Balaban J connectivity index is 1.65. The monoisotopic (exact) mass is 316 g/mol. The van der Waals surface area contributed by atoms with E-state index in [4.69, 9.17) is 5.73 Å². The van der Waals surface area contributed by atoms with Crippen LogP contribution >= 0.6 is 0 Å². The molecule has 4 rings (SSSR count). The van der Waals surface area contributed by atoms with Gasteiger partial charge in [0, 0.05) is 11.9 Å². The number of hydrogen-bond acceptors (Lipinski definition) is 6. The van der Waals surface area contributed by atoms with Gasteiger partial charge in [0.15, 0.2) is 5.82 Å². The number of anilines is 5. The number of aromatic nitrogens is 2. The first kappa shape index (κ1) is 14.2. The van der Waals surface area contributed by atoms with Gasteiger partial charge in [-0.3, -0.25) is 4.99 Å². The molecule has 0 saturated heterocycles. The molecule has 6 heteroatoms. The van der Waals surface area contributed by atoms with E-state index < -0.39 is 0 Å². The van der Waals surface area contributed by atoms with Crippen molar-refractivity contribution >= 4 is 40.7 Å². The Morgan fingerprint density at radius 3 is 2.58 bits per heavy atom. The second-order valence-corrected chi connectivity index (χ2v) is 5.37. The molecule has 0 amide bonds. The summed E-state index contributed by atoms with van der Waals surface area (Å²) in [5.41, 5.74) is 9.78. The number of nitrogens with one attached hydrogen (secondary N) is 1. The average molecular weight is 316 g/mol. The first-order chi connectivity index (χ1) is 11.8. The van der Waals surface area contributed by atoms with E-state index in [9.17, 15) is 0 Å². The lowest BCUT2D eigenvalue weighted by atomic mass is 10.2. The molecule has 0 fully saturated rings. The third-order valence-corrected chi connectivity index (χ3v) is 3.79. The van der Waals surface area contributed by atoms with Crippen molar-refractivity contribution in [3.8, 4) is 0 Å². The third-order valence-electron chi connectivity index (χ3n) is 3.79. The van der Waals surface area contributed by atoms with Gasteiger partial charge in [-0.15, -0.1) is 0 Å². The van der Waals surface area contributed by atoms with Crippen molar-refractivity contribution in [1.82, 2.24) is 9.97 Å². The smallest absolute Gasteiger partial charge is 0.229 e. The van der Waals surface area contributed by atoms with Gasteiger partial charge in [-0.25, -0.2) is 4.98 Å². The summed E-state index contributed by atoms with van der Waals surface area (Å²) in [6, 6.07) is 17.7. The van der Waals surface area contributed by atoms with E-state index in [1.54, 1.807) is 6.20 Å². The maximum Gasteiger partial charge on any atom is 0.229 e. The lowest BCUT2D eigenvalue weighted by Crippen LogP contribution is -2.23. The Morgan fingerprint density at radius 2 is 1.75 bits per heavy atom. The Morgan fingerprint density at radius 1 is 0.958 bits per heavy atom. The number of fused-ring (bicyclic) bond motifs is 1. The zero-order valence-corrected chi connectivity index (χ0v) is 12.9. The van der Waals surface area contributed by atoms with Crippen LogP contribution in [0.15, 0.2) is 65.8 Å². The molecular weight excluding hydrogens is 300 g/mol. The molecule has 2 heterocycles. The molecule has 6 nitrogen and oxygen atoms in total. The molecule has 0 saturated carbocycles. The van der Waals surface area contributed by atoms with Crippen LogP contribution in [0, 0.1) is 0 Å². The van der Waals surface area contributed by atoms with Crippen LogP contribution in [0.25, 0.3) is 0 Å². The average Bonchev–Trinajstić information content (AvgIpc) is 2.62. The van der Waals surface area contributed by atoms with Crippen molar-refractivity contribution in [1.29, 1.82) is 0 Å². The molecule has 0 unspecified atom stereocenters. The molecule has 0 spiro atoms. The van der Waals surface area contributed by atoms with Crippen LogP contribution in [-0.2, 0) is 0 Å². The van der Waals surface area contributed by atoms with Crippen LogP contribution in [0.4, 0.5) is 34.5 Å². The van der Waals surface area contributed by atoms with Crippen LogP contribution in [-0.4, -0.2) is 22.7 Å². The number of rotatable bonds is 3. The topological polar surface area (TPSA) is 79.4 Å². The Bertz CT molecular complexity index is 891. The molecule has 24 heavy (non-hydrogen) atoms. The summed E-state index contributed by atoms with van der Waals surface area (Å²) in [5.74, 6) is 0.898. The summed E-state index contributed by atoms with van der Waals surface area (Å²) in [5, 5.41) is 3.15. The van der Waals surface area contributed by atoms with Crippen LogP contribution < -0.4 is 16.0 Å². The van der Waals surface area contributed by atoms with Crippen molar-refractivity contribution in [2.45, 2.75) is 0 Å². The van der Waals surface area contributed by atoms with Gasteiger partial charge in [-0.2, -0.15) is 4.98 Å². The van der Waals surface area contributed by atoms with Gasteiger partial charge in [0.05, 0.1) is 24.1 Å². The van der Waals surface area contributed by atoms with Crippen LogP contribution in [0.5, 0.6) is 0 Å². The fraction of sp³-hybridized carbons (Fsp3) is 0.0556. The largest absolute Gasteiger partial charge is 0.382 e. The number of nitrogens with two attached hydrogens (primary N) is 1. The Kier molecular flexibility index (Phi) is 3.55. The summed E-state index contributed by atoms with van der Waals surface area (Å²) in [7, 11) is 0. The first-order valence-corrected chi connectivity index (χ1v) is 7.65. The van der Waals surface area contributed by atoms with E-state index >= 15 is 0 Å². The molecule has 0 bridgehead atoms. The van der Waals surface area contributed by atoms with E-state index in [1.165, 1.54) is 0 Å². The van der Waals surface area contributed by atoms with E-state index in [2.05, 4.69) is 25.2 Å². The van der Waals surface area contributed by atoms with Crippen molar-refractivity contribution in [3.63, 3.8) is 0 Å². The van der Waals surface area contributed by atoms with Gasteiger partial charge in [-0.1, -0.05) is 30.3 Å². The molecule has 3 N–H and O–H groups in total. The van der Waals surface area contributed by atoms with Crippen molar-refractivity contribution in [2.24, 2.45) is 4.99 Å². The standard InChI is InChI=1S/C18H16N6/c19-17-16(24-11-10-20-14-8-4-5-9-15(14)24)12-21-18(23-17)22-13-6-2-1-3-7-13/h1-10,12H,11H2,(H3,19,21,22,23). The summed E-state index contributed by atoms with van der Waals surface area (Å²) in [6.45, 7) is 0.635. The van der Waals surface area contributed by atoms with Crippen molar-refractivity contribution < 1.29 is 0 Å². The highest BCUT2D eigenvalue weighted by Gasteiger charge is 2.19. The van der Waals surface area contributed by atoms with Crippen LogP contribution in [0.2, 0.25) is 0 Å². The lowest BCUT2D eigenvalue weighted by Gasteiger charge is -2.27. The number of aliphatic imine (C=N–C) groups is 1. The zero-order chi connectivity index (χ0) is 16.4. The zero-order valence-electron chi connectivity index (χ0n) is 12.9. The van der Waals surface area contributed by atoms with E-state index in [1.807, 2.05) is 60.8 Å². The lowest BCUT2D eigenvalue weighted by molar-refractivity contribution is 1.07. The predicted octanol–water partition coefficient (Wildman–Crippen LogP) is 3.66. The van der Waals surface area contributed by atoms with Gasteiger partial charge in [0.25, 0.3) is 0 Å². The van der Waals surface area contributed by atoms with E-state index in [0.29, 0.717) is 18.3 Å². The number of nitrogens with zero attached hydrogens (tertiary/aromatic N) is 4. The second kappa shape index (κ2) is 6.00. The van der Waals surface area contributed by atoms with Crippen molar-refractivity contribution in [3.05, 3.63) is 60.8 Å². The molecule has 1 aliphatic rings. The molecule has 0 atom stereocenters. The van der Waals surface area contributed by atoms with Gasteiger partial charge >= 0.3 is 0 Å².